The monoisotopic (exact) mass is 413 g/mol. The summed E-state index contributed by atoms with van der Waals surface area (Å²) < 4.78 is 1.50. The molecule has 1 fully saturated rings. The molecule has 30 heavy (non-hydrogen) atoms. The molecule has 2 aliphatic heterocycles. The molecule has 0 aromatic carbocycles. The van der Waals surface area contributed by atoms with Crippen molar-refractivity contribution in [3.05, 3.63) is 33.4 Å². The van der Waals surface area contributed by atoms with Crippen molar-refractivity contribution < 1.29 is 9.59 Å². The Morgan fingerprint density at radius 1 is 1.10 bits per heavy atom. The number of fused-ring (bicyclic) bond motifs is 2. The second-order valence-electron chi connectivity index (χ2n) is 9.19. The fourth-order valence-electron chi connectivity index (χ4n) is 4.56. The van der Waals surface area contributed by atoms with Crippen molar-refractivity contribution in [2.24, 2.45) is 11.8 Å². The maximum Gasteiger partial charge on any atom is 0.277 e. The number of H-pyrrole nitrogens is 1. The molecule has 0 unspecified atom stereocenters. The highest BCUT2D eigenvalue weighted by atomic mass is 16.2. The third-order valence-electron chi connectivity index (χ3n) is 6.25. The quantitative estimate of drug-likeness (QED) is 0.832. The molecule has 2 aromatic rings. The van der Waals surface area contributed by atoms with Crippen molar-refractivity contribution in [3.8, 4) is 0 Å². The Kier molecular flexibility index (Phi) is 5.42. The molecule has 4 rings (SSSR count). The van der Waals surface area contributed by atoms with E-state index in [0.29, 0.717) is 37.3 Å². The Morgan fingerprint density at radius 2 is 1.80 bits per heavy atom. The Labute approximate surface area is 176 Å². The molecule has 0 saturated carbocycles. The minimum absolute atomic E-state index is 0.0148. The van der Waals surface area contributed by atoms with Gasteiger partial charge in [0.15, 0.2) is 5.65 Å². The number of hydrogen-bond donors (Lipinski definition) is 1. The number of aromatic nitrogens is 3. The van der Waals surface area contributed by atoms with Crippen LogP contribution in [0.5, 0.6) is 0 Å². The Bertz CT molecular complexity index is 1040. The Morgan fingerprint density at radius 3 is 2.50 bits per heavy atom. The van der Waals surface area contributed by atoms with Crippen molar-refractivity contribution in [1.82, 2.24) is 24.4 Å². The first-order valence-electron chi connectivity index (χ1n) is 11.0. The normalized spacial score (nSPS) is 19.6. The van der Waals surface area contributed by atoms with Gasteiger partial charge in [-0.1, -0.05) is 27.7 Å². The lowest BCUT2D eigenvalue weighted by atomic mass is 9.94. The molecule has 8 heteroatoms. The lowest BCUT2D eigenvalue weighted by molar-refractivity contribution is -0.136. The van der Waals surface area contributed by atoms with Gasteiger partial charge in [-0.3, -0.25) is 19.5 Å². The van der Waals surface area contributed by atoms with E-state index in [-0.39, 0.29) is 35.1 Å². The molecule has 1 saturated heterocycles. The average Bonchev–Trinajstić information content (AvgIpc) is 3.17. The predicted octanol–water partition coefficient (Wildman–Crippen LogP) is 1.93. The van der Waals surface area contributed by atoms with Crippen molar-refractivity contribution in [3.63, 3.8) is 0 Å². The van der Waals surface area contributed by atoms with Gasteiger partial charge < -0.3 is 9.80 Å². The zero-order valence-electron chi connectivity index (χ0n) is 18.3. The number of hydrogen-bond acceptors (Lipinski definition) is 4. The summed E-state index contributed by atoms with van der Waals surface area (Å²) >= 11 is 0. The van der Waals surface area contributed by atoms with Crippen LogP contribution in [-0.4, -0.2) is 55.8 Å². The van der Waals surface area contributed by atoms with Gasteiger partial charge in [0.1, 0.15) is 0 Å². The molecule has 2 aromatic heterocycles. The zero-order valence-corrected chi connectivity index (χ0v) is 18.3. The van der Waals surface area contributed by atoms with Gasteiger partial charge in [-0.25, -0.2) is 9.50 Å². The summed E-state index contributed by atoms with van der Waals surface area (Å²) in [5.41, 5.74) is 2.82. The fraction of sp³-hybridized carbons (Fsp3) is 0.636. The molecule has 0 aliphatic carbocycles. The summed E-state index contributed by atoms with van der Waals surface area (Å²) in [6, 6.07) is 1.95. The third kappa shape index (κ3) is 3.63. The number of carbonyl (C=O) groups is 2. The molecular formula is C22H31N5O3. The highest BCUT2D eigenvalue weighted by molar-refractivity contribution is 5.78. The summed E-state index contributed by atoms with van der Waals surface area (Å²) in [5.74, 6) is 0.300. The second-order valence-corrected chi connectivity index (χ2v) is 9.19. The van der Waals surface area contributed by atoms with E-state index < -0.39 is 0 Å². The Hall–Kier alpha value is -2.64. The molecule has 4 heterocycles. The largest absolute Gasteiger partial charge is 0.342 e. The molecule has 0 spiro atoms. The van der Waals surface area contributed by atoms with Gasteiger partial charge in [-0.05, 0) is 12.8 Å². The lowest BCUT2D eigenvalue weighted by Crippen LogP contribution is -2.42. The summed E-state index contributed by atoms with van der Waals surface area (Å²) in [5, 5.41) is 3.24. The Balaban J connectivity index is 1.63. The van der Waals surface area contributed by atoms with Crippen molar-refractivity contribution in [2.45, 2.75) is 59.4 Å². The summed E-state index contributed by atoms with van der Waals surface area (Å²) in [6.45, 7) is 9.97. The van der Waals surface area contributed by atoms with E-state index >= 15 is 0 Å². The van der Waals surface area contributed by atoms with Gasteiger partial charge in [0.25, 0.3) is 5.56 Å². The van der Waals surface area contributed by atoms with Gasteiger partial charge >= 0.3 is 0 Å². The van der Waals surface area contributed by atoms with E-state index in [1.165, 1.54) is 4.52 Å². The van der Waals surface area contributed by atoms with Gasteiger partial charge in [0.05, 0.1) is 17.8 Å². The molecule has 0 bridgehead atoms. The van der Waals surface area contributed by atoms with E-state index in [4.69, 9.17) is 4.98 Å². The fourth-order valence-corrected chi connectivity index (χ4v) is 4.56. The number of carbonyl (C=O) groups excluding carboxylic acids is 2. The maximum atomic E-state index is 13.2. The second kappa shape index (κ2) is 7.89. The number of nitrogens with zero attached hydrogens (tertiary/aromatic N) is 4. The van der Waals surface area contributed by atoms with Crippen molar-refractivity contribution >= 4 is 17.5 Å². The van der Waals surface area contributed by atoms with Crippen LogP contribution in [0.1, 0.15) is 63.4 Å². The van der Waals surface area contributed by atoms with Gasteiger partial charge in [0.2, 0.25) is 11.8 Å². The SMILES string of the molecule is CC(C)C(=O)N1CCc2nc3cc([C@H]4CCCN(C(=O)C(C)C)C4)[nH]n3c(=O)c2C1. The molecule has 2 amide bonds. The van der Waals surface area contributed by atoms with Gasteiger partial charge in [-0.15, -0.1) is 0 Å². The van der Waals surface area contributed by atoms with E-state index in [2.05, 4.69) is 5.10 Å². The highest BCUT2D eigenvalue weighted by Crippen LogP contribution is 2.27. The molecule has 1 N–H and O–H groups in total. The van der Waals surface area contributed by atoms with Crippen LogP contribution in [0.4, 0.5) is 0 Å². The lowest BCUT2D eigenvalue weighted by Gasteiger charge is -2.33. The maximum absolute atomic E-state index is 13.2. The first-order valence-corrected chi connectivity index (χ1v) is 11.0. The number of likely N-dealkylation sites (tertiary alicyclic amines) is 1. The summed E-state index contributed by atoms with van der Waals surface area (Å²) in [7, 11) is 0. The van der Waals surface area contributed by atoms with Crippen LogP contribution in [0.15, 0.2) is 10.9 Å². The van der Waals surface area contributed by atoms with E-state index in [9.17, 15) is 14.4 Å². The van der Waals surface area contributed by atoms with Crippen LogP contribution in [0.25, 0.3) is 5.65 Å². The molecule has 162 valence electrons. The van der Waals surface area contributed by atoms with Crippen LogP contribution in [0.2, 0.25) is 0 Å². The average molecular weight is 414 g/mol. The van der Waals surface area contributed by atoms with Gasteiger partial charge in [0, 0.05) is 55.6 Å². The molecule has 2 aliphatic rings. The number of nitrogens with one attached hydrogen (secondary N) is 1. The summed E-state index contributed by atoms with van der Waals surface area (Å²) in [4.78, 5) is 46.4. The van der Waals surface area contributed by atoms with Crippen molar-refractivity contribution in [2.75, 3.05) is 19.6 Å². The number of amides is 2. The summed E-state index contributed by atoms with van der Waals surface area (Å²) in [6.07, 6.45) is 2.52. The predicted molar refractivity (Wildman–Crippen MR) is 113 cm³/mol. The first kappa shape index (κ1) is 20.6. The van der Waals surface area contributed by atoms with Crippen LogP contribution < -0.4 is 5.56 Å². The number of piperidine rings is 1. The zero-order chi connectivity index (χ0) is 21.6. The van der Waals surface area contributed by atoms with Crippen LogP contribution >= 0.6 is 0 Å². The van der Waals surface area contributed by atoms with Crippen LogP contribution in [0, 0.1) is 11.8 Å². The first-order chi connectivity index (χ1) is 14.3. The van der Waals surface area contributed by atoms with E-state index in [0.717, 1.165) is 30.8 Å². The van der Waals surface area contributed by atoms with Crippen LogP contribution in [0.3, 0.4) is 0 Å². The number of rotatable bonds is 3. The van der Waals surface area contributed by atoms with E-state index in [1.54, 1.807) is 4.90 Å². The molecular weight excluding hydrogens is 382 g/mol. The third-order valence-corrected chi connectivity index (χ3v) is 6.25. The highest BCUT2D eigenvalue weighted by Gasteiger charge is 2.29. The topological polar surface area (TPSA) is 90.8 Å². The smallest absolute Gasteiger partial charge is 0.277 e. The minimum atomic E-state index is -0.131. The minimum Gasteiger partial charge on any atom is -0.342 e. The molecule has 8 nitrogen and oxygen atoms in total. The van der Waals surface area contributed by atoms with Crippen molar-refractivity contribution in [1.29, 1.82) is 0 Å². The number of aromatic amines is 1. The molecule has 1 atom stereocenters. The van der Waals surface area contributed by atoms with Gasteiger partial charge in [-0.2, -0.15) is 0 Å². The standard InChI is InChI=1S/C22H31N5O3/c1-13(2)20(28)25-8-5-6-15(11-25)18-10-19-23-17-7-9-26(21(29)14(3)4)12-16(17)22(30)27(19)24-18/h10,13-15,24H,5-9,11-12H2,1-4H3/t15-/m0/s1. The molecule has 0 radical (unpaired) electrons. The van der Waals surface area contributed by atoms with Crippen LogP contribution in [-0.2, 0) is 22.6 Å². The van der Waals surface area contributed by atoms with E-state index in [1.807, 2.05) is 38.7 Å².